The van der Waals surface area contributed by atoms with Gasteiger partial charge in [0.1, 0.15) is 3.77 Å². The standard InChI is InChI=1S/C8H15IO.C4H10O/c1-2-3-4-5-6-7-8(9)10;1-3-5-4-2/h7,10H,2-6H2,1H3;3-4H2,1-2H3/b8-7+;. The molecule has 0 amide bonds. The van der Waals surface area contributed by atoms with E-state index < -0.39 is 0 Å². The van der Waals surface area contributed by atoms with Crippen LogP contribution in [0.3, 0.4) is 0 Å². The predicted octanol–water partition coefficient (Wildman–Crippen LogP) is 4.83. The van der Waals surface area contributed by atoms with E-state index in [1.807, 2.05) is 42.5 Å². The molecule has 0 rings (SSSR count). The van der Waals surface area contributed by atoms with Crippen molar-refractivity contribution in [2.75, 3.05) is 13.2 Å². The second-order valence-electron chi connectivity index (χ2n) is 3.16. The largest absolute Gasteiger partial charge is 0.503 e. The van der Waals surface area contributed by atoms with Gasteiger partial charge in [-0.15, -0.1) is 0 Å². The SMILES string of the molecule is CCCCCC/C=C(/O)I.CCOCC. The van der Waals surface area contributed by atoms with Gasteiger partial charge in [0.05, 0.1) is 0 Å². The van der Waals surface area contributed by atoms with E-state index in [4.69, 9.17) is 9.84 Å². The molecule has 0 aliphatic heterocycles. The molecular formula is C12H25IO2. The predicted molar refractivity (Wildman–Crippen MR) is 75.7 cm³/mol. The van der Waals surface area contributed by atoms with Gasteiger partial charge >= 0.3 is 0 Å². The summed E-state index contributed by atoms with van der Waals surface area (Å²) >= 11 is 1.92. The summed E-state index contributed by atoms with van der Waals surface area (Å²) in [5.74, 6) is 0. The van der Waals surface area contributed by atoms with E-state index in [2.05, 4.69) is 6.92 Å². The Hall–Kier alpha value is 0.230. The molecule has 0 radical (unpaired) electrons. The molecule has 0 saturated carbocycles. The van der Waals surface area contributed by atoms with E-state index in [0.717, 1.165) is 19.6 Å². The Kier molecular flexibility index (Phi) is 19.6. The third-order valence-electron chi connectivity index (χ3n) is 1.78. The van der Waals surface area contributed by atoms with Crippen LogP contribution in [0, 0.1) is 0 Å². The fourth-order valence-electron chi connectivity index (χ4n) is 0.996. The first-order chi connectivity index (χ1) is 7.18. The highest BCUT2D eigenvalue weighted by atomic mass is 127. The topological polar surface area (TPSA) is 29.5 Å². The number of unbranched alkanes of at least 4 members (excludes halogenated alkanes) is 4. The zero-order valence-electron chi connectivity index (χ0n) is 10.3. The molecular weight excluding hydrogens is 303 g/mol. The fourth-order valence-corrected chi connectivity index (χ4v) is 1.31. The van der Waals surface area contributed by atoms with Crippen LogP contribution in [-0.2, 0) is 4.74 Å². The molecule has 15 heavy (non-hydrogen) atoms. The monoisotopic (exact) mass is 328 g/mol. The Labute approximate surface area is 108 Å². The van der Waals surface area contributed by atoms with Crippen LogP contribution in [0.1, 0.15) is 52.9 Å². The summed E-state index contributed by atoms with van der Waals surface area (Å²) in [5.41, 5.74) is 0. The number of halogens is 1. The van der Waals surface area contributed by atoms with Crippen molar-refractivity contribution in [2.45, 2.75) is 52.9 Å². The molecule has 0 aromatic carbocycles. The second-order valence-corrected chi connectivity index (χ2v) is 4.26. The van der Waals surface area contributed by atoms with Gasteiger partial charge < -0.3 is 9.84 Å². The third-order valence-corrected chi connectivity index (χ3v) is 2.22. The molecule has 0 aliphatic rings. The van der Waals surface area contributed by atoms with Crippen molar-refractivity contribution >= 4 is 22.6 Å². The smallest absolute Gasteiger partial charge is 0.149 e. The van der Waals surface area contributed by atoms with Gasteiger partial charge in [0.2, 0.25) is 0 Å². The van der Waals surface area contributed by atoms with Gasteiger partial charge in [-0.25, -0.2) is 0 Å². The summed E-state index contributed by atoms with van der Waals surface area (Å²) in [6.07, 6.45) is 7.98. The molecule has 0 bridgehead atoms. The number of ether oxygens (including phenoxy) is 1. The van der Waals surface area contributed by atoms with Gasteiger partial charge in [-0.3, -0.25) is 0 Å². The highest BCUT2D eigenvalue weighted by Crippen LogP contribution is 2.07. The van der Waals surface area contributed by atoms with Crippen molar-refractivity contribution < 1.29 is 9.84 Å². The maximum Gasteiger partial charge on any atom is 0.149 e. The van der Waals surface area contributed by atoms with Crippen molar-refractivity contribution in [1.82, 2.24) is 0 Å². The van der Waals surface area contributed by atoms with Crippen molar-refractivity contribution in [1.29, 1.82) is 0 Å². The summed E-state index contributed by atoms with van der Waals surface area (Å²) in [6, 6.07) is 0. The van der Waals surface area contributed by atoms with E-state index >= 15 is 0 Å². The average Bonchev–Trinajstić information content (AvgIpc) is 2.19. The number of rotatable bonds is 7. The zero-order chi connectivity index (χ0) is 11.9. The normalized spacial score (nSPS) is 10.8. The van der Waals surface area contributed by atoms with E-state index in [0.29, 0.717) is 3.77 Å². The Morgan fingerprint density at radius 1 is 1.13 bits per heavy atom. The molecule has 0 unspecified atom stereocenters. The highest BCUT2D eigenvalue weighted by Gasteiger charge is 1.86. The molecule has 0 fully saturated rings. The Morgan fingerprint density at radius 2 is 1.73 bits per heavy atom. The summed E-state index contributed by atoms with van der Waals surface area (Å²) in [4.78, 5) is 0. The number of hydrogen-bond donors (Lipinski definition) is 1. The van der Waals surface area contributed by atoms with Gasteiger partial charge in [0, 0.05) is 13.2 Å². The molecule has 0 atom stereocenters. The first-order valence-electron chi connectivity index (χ1n) is 5.81. The van der Waals surface area contributed by atoms with Crippen LogP contribution in [0.2, 0.25) is 0 Å². The van der Waals surface area contributed by atoms with Crippen molar-refractivity contribution in [2.24, 2.45) is 0 Å². The molecule has 0 spiro atoms. The van der Waals surface area contributed by atoms with Crippen LogP contribution in [0.4, 0.5) is 0 Å². The maximum atomic E-state index is 8.76. The minimum Gasteiger partial charge on any atom is -0.503 e. The van der Waals surface area contributed by atoms with Crippen LogP contribution in [0.15, 0.2) is 9.84 Å². The van der Waals surface area contributed by atoms with Gasteiger partial charge in [0.15, 0.2) is 0 Å². The number of aliphatic hydroxyl groups excluding tert-OH is 1. The number of allylic oxidation sites excluding steroid dienone is 1. The highest BCUT2D eigenvalue weighted by molar-refractivity contribution is 14.1. The molecule has 0 saturated heterocycles. The zero-order valence-corrected chi connectivity index (χ0v) is 12.4. The minimum atomic E-state index is 0.425. The molecule has 0 aromatic heterocycles. The quantitative estimate of drug-likeness (QED) is 0.412. The number of hydrogen-bond acceptors (Lipinski definition) is 2. The summed E-state index contributed by atoms with van der Waals surface area (Å²) < 4.78 is 5.26. The Bertz CT molecular complexity index is 130. The lowest BCUT2D eigenvalue weighted by molar-refractivity contribution is 0.162. The lowest BCUT2D eigenvalue weighted by Crippen LogP contribution is -1.84. The molecule has 0 aliphatic carbocycles. The fraction of sp³-hybridized carbons (Fsp3) is 0.833. The molecule has 1 N–H and O–H groups in total. The van der Waals surface area contributed by atoms with Crippen LogP contribution >= 0.6 is 22.6 Å². The first kappa shape index (κ1) is 17.6. The summed E-state index contributed by atoms with van der Waals surface area (Å²) in [5, 5.41) is 8.76. The second kappa shape index (κ2) is 16.7. The van der Waals surface area contributed by atoms with Crippen molar-refractivity contribution in [3.63, 3.8) is 0 Å². The third kappa shape index (κ3) is 25.0. The summed E-state index contributed by atoms with van der Waals surface area (Å²) in [7, 11) is 0. The van der Waals surface area contributed by atoms with E-state index in [1.54, 1.807) is 0 Å². The molecule has 92 valence electrons. The lowest BCUT2D eigenvalue weighted by Gasteiger charge is -1.93. The van der Waals surface area contributed by atoms with E-state index in [9.17, 15) is 0 Å². The van der Waals surface area contributed by atoms with E-state index in [1.165, 1.54) is 25.7 Å². The first-order valence-corrected chi connectivity index (χ1v) is 6.89. The van der Waals surface area contributed by atoms with Gasteiger partial charge in [-0.05, 0) is 55.4 Å². The van der Waals surface area contributed by atoms with Crippen LogP contribution in [-0.4, -0.2) is 18.3 Å². The lowest BCUT2D eigenvalue weighted by atomic mass is 10.2. The molecule has 0 aromatic rings. The van der Waals surface area contributed by atoms with Gasteiger partial charge in [-0.1, -0.05) is 26.2 Å². The van der Waals surface area contributed by atoms with Crippen molar-refractivity contribution in [3.8, 4) is 0 Å². The Morgan fingerprint density at radius 3 is 2.07 bits per heavy atom. The molecule has 2 nitrogen and oxygen atoms in total. The van der Waals surface area contributed by atoms with Crippen LogP contribution < -0.4 is 0 Å². The Balaban J connectivity index is 0. The molecule has 3 heteroatoms. The van der Waals surface area contributed by atoms with Crippen LogP contribution in [0.25, 0.3) is 0 Å². The molecule has 0 heterocycles. The number of aliphatic hydroxyl groups is 1. The summed E-state index contributed by atoms with van der Waals surface area (Å²) in [6.45, 7) is 7.87. The minimum absolute atomic E-state index is 0.425. The van der Waals surface area contributed by atoms with Gasteiger partial charge in [0.25, 0.3) is 0 Å². The maximum absolute atomic E-state index is 8.76. The average molecular weight is 328 g/mol. The van der Waals surface area contributed by atoms with Gasteiger partial charge in [-0.2, -0.15) is 0 Å². The van der Waals surface area contributed by atoms with Crippen LogP contribution in [0.5, 0.6) is 0 Å². The van der Waals surface area contributed by atoms with Crippen molar-refractivity contribution in [3.05, 3.63) is 9.84 Å². The van der Waals surface area contributed by atoms with E-state index in [-0.39, 0.29) is 0 Å².